The lowest BCUT2D eigenvalue weighted by atomic mass is 9.89. The smallest absolute Gasteiger partial charge is 0.416 e. The van der Waals surface area contributed by atoms with Gasteiger partial charge in [-0.25, -0.2) is 4.79 Å². The number of cyclic esters (lactones) is 1. The summed E-state index contributed by atoms with van der Waals surface area (Å²) in [5.74, 6) is 0. The fourth-order valence-electron chi connectivity index (χ4n) is 2.34. The molecule has 1 aliphatic heterocycles. The summed E-state index contributed by atoms with van der Waals surface area (Å²) in [7, 11) is 1.36. The third-order valence-electron chi connectivity index (χ3n) is 3.91. The van der Waals surface area contributed by atoms with E-state index in [1.807, 2.05) is 13.8 Å². The SMILES string of the molecule is CC.CN1C(=O)OC(c2cc(C(F)(F)F)cc(C(F)(F)F)c2)C1(C)C. The van der Waals surface area contributed by atoms with Crippen molar-refractivity contribution in [2.45, 2.75) is 51.7 Å². The molecule has 0 N–H and O–H groups in total. The minimum Gasteiger partial charge on any atom is -0.439 e. The van der Waals surface area contributed by atoms with Gasteiger partial charge in [0.2, 0.25) is 0 Å². The Kier molecular flexibility index (Phi) is 5.71. The zero-order chi connectivity index (χ0) is 19.8. The van der Waals surface area contributed by atoms with Gasteiger partial charge in [-0.3, -0.25) is 0 Å². The van der Waals surface area contributed by atoms with E-state index >= 15 is 0 Å². The Balaban J connectivity index is 0.00000151. The molecule has 0 aromatic heterocycles. The molecule has 0 aliphatic carbocycles. The number of likely N-dealkylation sites (N-methyl/N-ethyl adjacent to an activating group) is 1. The topological polar surface area (TPSA) is 29.5 Å². The van der Waals surface area contributed by atoms with Gasteiger partial charge in [0.05, 0.1) is 16.7 Å². The summed E-state index contributed by atoms with van der Waals surface area (Å²) >= 11 is 0. The molecule has 2 rings (SSSR count). The van der Waals surface area contributed by atoms with Crippen LogP contribution in [0.5, 0.6) is 0 Å². The van der Waals surface area contributed by atoms with Gasteiger partial charge >= 0.3 is 18.4 Å². The molecule has 0 spiro atoms. The quantitative estimate of drug-likeness (QED) is 0.597. The fraction of sp³-hybridized carbons (Fsp3) is 0.562. The second-order valence-corrected chi connectivity index (χ2v) is 5.82. The first kappa shape index (κ1) is 21.1. The van der Waals surface area contributed by atoms with Gasteiger partial charge < -0.3 is 9.64 Å². The Hall–Kier alpha value is -1.93. The summed E-state index contributed by atoms with van der Waals surface area (Å²) in [6.45, 7) is 6.99. The first-order valence-electron chi connectivity index (χ1n) is 7.48. The molecule has 1 atom stereocenters. The van der Waals surface area contributed by atoms with Crippen molar-refractivity contribution in [3.63, 3.8) is 0 Å². The molecule has 9 heteroatoms. The van der Waals surface area contributed by atoms with Gasteiger partial charge in [0.25, 0.3) is 0 Å². The molecule has 0 bridgehead atoms. The number of halogens is 6. The molecule has 25 heavy (non-hydrogen) atoms. The molecular weight excluding hydrogens is 352 g/mol. The van der Waals surface area contributed by atoms with E-state index in [0.29, 0.717) is 12.1 Å². The van der Waals surface area contributed by atoms with Crippen molar-refractivity contribution in [3.05, 3.63) is 34.9 Å². The Morgan fingerprint density at radius 3 is 1.64 bits per heavy atom. The zero-order valence-corrected chi connectivity index (χ0v) is 14.3. The van der Waals surface area contributed by atoms with E-state index in [4.69, 9.17) is 4.74 Å². The minimum atomic E-state index is -4.95. The average Bonchev–Trinajstić information content (AvgIpc) is 2.70. The average molecular weight is 371 g/mol. The third-order valence-corrected chi connectivity index (χ3v) is 3.91. The highest BCUT2D eigenvalue weighted by molar-refractivity contribution is 5.71. The highest BCUT2D eigenvalue weighted by Gasteiger charge is 2.48. The lowest BCUT2D eigenvalue weighted by Gasteiger charge is -2.30. The largest absolute Gasteiger partial charge is 0.439 e. The van der Waals surface area contributed by atoms with Crippen molar-refractivity contribution in [3.8, 4) is 0 Å². The number of benzene rings is 1. The van der Waals surface area contributed by atoms with E-state index in [1.165, 1.54) is 20.9 Å². The highest BCUT2D eigenvalue weighted by Crippen LogP contribution is 2.43. The molecule has 1 aliphatic rings. The maximum atomic E-state index is 12.9. The summed E-state index contributed by atoms with van der Waals surface area (Å²) in [4.78, 5) is 12.7. The molecule has 1 unspecified atom stereocenters. The van der Waals surface area contributed by atoms with Gasteiger partial charge in [-0.1, -0.05) is 13.8 Å². The molecule has 1 heterocycles. The van der Waals surface area contributed by atoms with Crippen LogP contribution in [0.1, 0.15) is 50.5 Å². The lowest BCUT2D eigenvalue weighted by molar-refractivity contribution is -0.143. The molecule has 0 saturated carbocycles. The van der Waals surface area contributed by atoms with Crippen molar-refractivity contribution in [1.29, 1.82) is 0 Å². The zero-order valence-electron chi connectivity index (χ0n) is 14.3. The number of nitrogens with zero attached hydrogens (tertiary/aromatic N) is 1. The Morgan fingerprint density at radius 2 is 1.36 bits per heavy atom. The van der Waals surface area contributed by atoms with Gasteiger partial charge in [0.1, 0.15) is 0 Å². The minimum absolute atomic E-state index is 0.0387. The predicted molar refractivity (Wildman–Crippen MR) is 78.9 cm³/mol. The molecule has 1 saturated heterocycles. The van der Waals surface area contributed by atoms with E-state index in [0.717, 1.165) is 4.90 Å². The molecule has 3 nitrogen and oxygen atoms in total. The highest BCUT2D eigenvalue weighted by atomic mass is 19.4. The van der Waals surface area contributed by atoms with Crippen LogP contribution in [0, 0.1) is 0 Å². The molecule has 1 aromatic rings. The number of carbonyl (C=O) groups is 1. The molecular formula is C16H19F6NO2. The normalized spacial score (nSPS) is 20.0. The number of rotatable bonds is 1. The first-order chi connectivity index (χ1) is 11.2. The van der Waals surface area contributed by atoms with Crippen LogP contribution in [0.25, 0.3) is 0 Å². The molecule has 142 valence electrons. The van der Waals surface area contributed by atoms with Crippen LogP contribution < -0.4 is 0 Å². The van der Waals surface area contributed by atoms with Crippen molar-refractivity contribution in [2.75, 3.05) is 7.05 Å². The van der Waals surface area contributed by atoms with Crippen LogP contribution in [0.4, 0.5) is 31.1 Å². The molecule has 1 aromatic carbocycles. The molecule has 1 fully saturated rings. The molecule has 0 radical (unpaired) electrons. The maximum absolute atomic E-state index is 12.9. The van der Waals surface area contributed by atoms with E-state index < -0.39 is 41.2 Å². The van der Waals surface area contributed by atoms with Crippen molar-refractivity contribution >= 4 is 6.09 Å². The first-order valence-corrected chi connectivity index (χ1v) is 7.48. The van der Waals surface area contributed by atoms with Crippen LogP contribution >= 0.6 is 0 Å². The van der Waals surface area contributed by atoms with Crippen LogP contribution in [-0.2, 0) is 17.1 Å². The maximum Gasteiger partial charge on any atom is 0.416 e. The van der Waals surface area contributed by atoms with E-state index in [9.17, 15) is 31.1 Å². The van der Waals surface area contributed by atoms with Gasteiger partial charge in [0.15, 0.2) is 6.10 Å². The second-order valence-electron chi connectivity index (χ2n) is 5.82. The van der Waals surface area contributed by atoms with Crippen molar-refractivity contribution in [1.82, 2.24) is 4.90 Å². The van der Waals surface area contributed by atoms with Crippen LogP contribution in [-0.4, -0.2) is 23.6 Å². The lowest BCUT2D eigenvalue weighted by Crippen LogP contribution is -2.40. The van der Waals surface area contributed by atoms with Crippen LogP contribution in [0.15, 0.2) is 18.2 Å². The number of hydrogen-bond acceptors (Lipinski definition) is 2. The Labute approximate surface area is 141 Å². The van der Waals surface area contributed by atoms with E-state index in [1.54, 1.807) is 0 Å². The Bertz CT molecular complexity index is 604. The summed E-state index contributed by atoms with van der Waals surface area (Å²) in [6, 6.07) is 1.19. The van der Waals surface area contributed by atoms with Gasteiger partial charge in [-0.15, -0.1) is 0 Å². The summed E-state index contributed by atoms with van der Waals surface area (Å²) in [5.41, 5.74) is -4.33. The second kappa shape index (κ2) is 6.76. The predicted octanol–water partition coefficient (Wildman–Crippen LogP) is 5.65. The third kappa shape index (κ3) is 4.19. The monoisotopic (exact) mass is 371 g/mol. The van der Waals surface area contributed by atoms with Crippen LogP contribution in [0.2, 0.25) is 0 Å². The van der Waals surface area contributed by atoms with Crippen molar-refractivity contribution < 1.29 is 35.9 Å². The van der Waals surface area contributed by atoms with E-state index in [-0.39, 0.29) is 11.6 Å². The number of alkyl halides is 6. The van der Waals surface area contributed by atoms with Gasteiger partial charge in [-0.2, -0.15) is 26.3 Å². The molecule has 1 amide bonds. The summed E-state index contributed by atoms with van der Waals surface area (Å²) in [5, 5.41) is 0. The van der Waals surface area contributed by atoms with Crippen molar-refractivity contribution in [2.24, 2.45) is 0 Å². The van der Waals surface area contributed by atoms with Gasteiger partial charge in [-0.05, 0) is 37.6 Å². The standard InChI is InChI=1S/C14H13F6NO2.C2H6/c1-12(2)10(23-11(22)21(12)3)7-4-8(13(15,16)17)6-9(5-7)14(18,19)20;1-2/h4-6,10H,1-3H3;1-2H3. The summed E-state index contributed by atoms with van der Waals surface area (Å²) in [6.07, 6.45) is -12.0. The van der Waals surface area contributed by atoms with Crippen LogP contribution in [0.3, 0.4) is 0 Å². The summed E-state index contributed by atoms with van der Waals surface area (Å²) < 4.78 is 82.3. The number of amides is 1. The number of carbonyl (C=O) groups excluding carboxylic acids is 1. The van der Waals surface area contributed by atoms with Gasteiger partial charge in [0, 0.05) is 7.05 Å². The van der Waals surface area contributed by atoms with E-state index in [2.05, 4.69) is 0 Å². The Morgan fingerprint density at radius 1 is 0.960 bits per heavy atom. The number of ether oxygens (including phenoxy) is 1. The fourth-order valence-corrected chi connectivity index (χ4v) is 2.34. The number of hydrogen-bond donors (Lipinski definition) is 0.